The highest BCUT2D eigenvalue weighted by atomic mass is 16.7. The molecule has 0 aromatic heterocycles. The van der Waals surface area contributed by atoms with Gasteiger partial charge in [-0.05, 0) is 12.8 Å². The van der Waals surface area contributed by atoms with Crippen LogP contribution in [0.25, 0.3) is 0 Å². The third-order valence-corrected chi connectivity index (χ3v) is 10.4. The van der Waals surface area contributed by atoms with Crippen LogP contribution in [-0.2, 0) is 52.5 Å². The molecule has 0 unspecified atom stereocenters. The SMILES string of the molecule is CCCCCCCCCCCCCC(=O)N[C@H]1[C@H](OCC[C@H](NC(=O)CCCCCCCCCCCCC)C(=O)O)O[C@H](COC(C)=O)[C@@H](OC(C)=O)[C@@H]1OC(C)=O. The molecule has 0 radical (unpaired) electrons. The lowest BCUT2D eigenvalue weighted by Crippen LogP contribution is -2.66. The molecule has 0 aromatic rings. The van der Waals surface area contributed by atoms with Crippen LogP contribution in [0.3, 0.4) is 0 Å². The molecule has 14 nitrogen and oxygen atoms in total. The van der Waals surface area contributed by atoms with E-state index in [1.807, 2.05) is 0 Å². The van der Waals surface area contributed by atoms with Crippen molar-refractivity contribution in [2.45, 2.75) is 232 Å². The molecule has 1 rings (SSSR count). The second-order valence-electron chi connectivity index (χ2n) is 15.8. The Labute approximate surface area is 348 Å². The van der Waals surface area contributed by atoms with E-state index >= 15 is 0 Å². The number of carboxylic acid groups (broad SMARTS) is 1. The Balaban J connectivity index is 2.86. The zero-order valence-corrected chi connectivity index (χ0v) is 36.5. The summed E-state index contributed by atoms with van der Waals surface area (Å²) in [5, 5.41) is 15.3. The molecule has 3 N–H and O–H groups in total. The molecule has 1 aliphatic heterocycles. The van der Waals surface area contributed by atoms with Crippen LogP contribution in [0.15, 0.2) is 0 Å². The zero-order chi connectivity index (χ0) is 43.0. The van der Waals surface area contributed by atoms with Crippen LogP contribution in [-0.4, -0.2) is 90.7 Å². The minimum atomic E-state index is -1.33. The average molecular weight is 827 g/mol. The molecule has 6 atom stereocenters. The van der Waals surface area contributed by atoms with Crippen molar-refractivity contribution < 1.29 is 57.6 Å². The van der Waals surface area contributed by atoms with Crippen molar-refractivity contribution in [1.29, 1.82) is 0 Å². The Morgan fingerprint density at radius 3 is 1.45 bits per heavy atom. The van der Waals surface area contributed by atoms with E-state index in [0.29, 0.717) is 12.8 Å². The summed E-state index contributed by atoms with van der Waals surface area (Å²) in [6, 6.07) is -2.44. The first-order chi connectivity index (χ1) is 27.9. The van der Waals surface area contributed by atoms with E-state index in [0.717, 1.165) is 52.4 Å². The van der Waals surface area contributed by atoms with Gasteiger partial charge < -0.3 is 39.4 Å². The van der Waals surface area contributed by atoms with E-state index in [-0.39, 0.29) is 37.7 Å². The summed E-state index contributed by atoms with van der Waals surface area (Å²) in [5.41, 5.74) is 0. The first kappa shape index (κ1) is 52.8. The molecule has 1 fully saturated rings. The van der Waals surface area contributed by atoms with Gasteiger partial charge in [0, 0.05) is 40.0 Å². The van der Waals surface area contributed by atoms with Crippen LogP contribution in [0, 0.1) is 0 Å². The van der Waals surface area contributed by atoms with Crippen LogP contribution in [0.2, 0.25) is 0 Å². The van der Waals surface area contributed by atoms with Crippen molar-refractivity contribution in [3.05, 3.63) is 0 Å². The van der Waals surface area contributed by atoms with Crippen LogP contribution in [0.4, 0.5) is 0 Å². The Bertz CT molecular complexity index is 1170. The van der Waals surface area contributed by atoms with Crippen molar-refractivity contribution in [2.24, 2.45) is 0 Å². The lowest BCUT2D eigenvalue weighted by Gasteiger charge is -2.45. The molecule has 0 spiro atoms. The molecule has 336 valence electrons. The number of nitrogens with one attached hydrogen (secondary N) is 2. The van der Waals surface area contributed by atoms with E-state index in [1.54, 1.807) is 0 Å². The number of esters is 3. The number of hydrogen-bond acceptors (Lipinski definition) is 11. The fourth-order valence-corrected chi connectivity index (χ4v) is 7.18. The third kappa shape index (κ3) is 26.0. The average Bonchev–Trinajstić information content (AvgIpc) is 3.16. The molecule has 1 saturated heterocycles. The van der Waals surface area contributed by atoms with E-state index in [9.17, 15) is 33.9 Å². The minimum Gasteiger partial charge on any atom is -0.480 e. The largest absolute Gasteiger partial charge is 0.480 e. The molecule has 2 amide bonds. The normalized spacial score (nSPS) is 19.5. The number of amides is 2. The molecule has 0 bridgehead atoms. The standard InChI is InChI=1S/C44H78N2O12/c1-6-8-10-12-14-16-18-20-22-24-26-28-38(50)45-36(43(52)53)30-31-54-44-40(46-39(51)29-27-25-23-21-19-17-15-13-11-9-7-2)42(57-35(5)49)41(56-34(4)48)37(58-44)32-55-33(3)47/h36-37,40-42,44H,6-32H2,1-5H3,(H,45,50)(H,46,51)(H,52,53)/t36-,37+,40+,41+,42+,44+/m0/s1. The Morgan fingerprint density at radius 2 is 1.02 bits per heavy atom. The molecule has 1 aliphatic rings. The fourth-order valence-electron chi connectivity index (χ4n) is 7.18. The molecule has 0 aliphatic carbocycles. The number of aliphatic carboxylic acids is 1. The Kier molecular flexibility index (Phi) is 30.5. The molecular weight excluding hydrogens is 748 g/mol. The van der Waals surface area contributed by atoms with E-state index < -0.39 is 67.2 Å². The molecule has 58 heavy (non-hydrogen) atoms. The van der Waals surface area contributed by atoms with Crippen molar-refractivity contribution in [2.75, 3.05) is 13.2 Å². The zero-order valence-electron chi connectivity index (χ0n) is 36.5. The second kappa shape index (κ2) is 33.6. The van der Waals surface area contributed by atoms with Crippen molar-refractivity contribution >= 4 is 35.7 Å². The summed E-state index contributed by atoms with van der Waals surface area (Å²) in [6.07, 6.45) is 20.0. The van der Waals surface area contributed by atoms with Gasteiger partial charge in [0.25, 0.3) is 0 Å². The topological polar surface area (TPSA) is 193 Å². The first-order valence-electron chi connectivity index (χ1n) is 22.5. The summed E-state index contributed by atoms with van der Waals surface area (Å²) in [5.74, 6) is -4.07. The molecular formula is C44H78N2O12. The van der Waals surface area contributed by atoms with Gasteiger partial charge in [-0.3, -0.25) is 24.0 Å². The van der Waals surface area contributed by atoms with Crippen molar-refractivity contribution in [1.82, 2.24) is 10.6 Å². The number of rotatable bonds is 35. The summed E-state index contributed by atoms with van der Waals surface area (Å²) < 4.78 is 28.4. The monoisotopic (exact) mass is 827 g/mol. The third-order valence-electron chi connectivity index (χ3n) is 10.4. The van der Waals surface area contributed by atoms with Crippen LogP contribution in [0.5, 0.6) is 0 Å². The fraction of sp³-hybridized carbons (Fsp3) is 0.864. The number of carbonyl (C=O) groups is 6. The number of carboxylic acids is 1. The summed E-state index contributed by atoms with van der Waals surface area (Å²) in [4.78, 5) is 74.5. The van der Waals surface area contributed by atoms with Gasteiger partial charge in [-0.1, -0.05) is 142 Å². The second-order valence-corrected chi connectivity index (χ2v) is 15.8. The summed E-state index contributed by atoms with van der Waals surface area (Å²) >= 11 is 0. The van der Waals surface area contributed by atoms with E-state index in [4.69, 9.17) is 23.7 Å². The van der Waals surface area contributed by atoms with E-state index in [2.05, 4.69) is 24.5 Å². The maximum absolute atomic E-state index is 13.3. The molecule has 1 heterocycles. The molecule has 0 aromatic carbocycles. The lowest BCUT2D eigenvalue weighted by atomic mass is 9.95. The maximum Gasteiger partial charge on any atom is 0.326 e. The van der Waals surface area contributed by atoms with Gasteiger partial charge in [0.1, 0.15) is 24.8 Å². The quantitative estimate of drug-likeness (QED) is 0.0317. The van der Waals surface area contributed by atoms with Crippen molar-refractivity contribution in [3.8, 4) is 0 Å². The lowest BCUT2D eigenvalue weighted by molar-refractivity contribution is -0.278. The molecule has 14 heteroatoms. The highest BCUT2D eigenvalue weighted by molar-refractivity contribution is 5.83. The van der Waals surface area contributed by atoms with Crippen LogP contribution < -0.4 is 10.6 Å². The predicted molar refractivity (Wildman–Crippen MR) is 221 cm³/mol. The van der Waals surface area contributed by atoms with Gasteiger partial charge in [0.05, 0.1) is 6.61 Å². The van der Waals surface area contributed by atoms with Gasteiger partial charge in [-0.2, -0.15) is 0 Å². The highest BCUT2D eigenvalue weighted by Gasteiger charge is 2.51. The van der Waals surface area contributed by atoms with Gasteiger partial charge in [0.2, 0.25) is 11.8 Å². The smallest absolute Gasteiger partial charge is 0.326 e. The number of hydrogen-bond donors (Lipinski definition) is 3. The molecule has 0 saturated carbocycles. The van der Waals surface area contributed by atoms with Crippen LogP contribution in [0.1, 0.15) is 195 Å². The van der Waals surface area contributed by atoms with E-state index in [1.165, 1.54) is 96.8 Å². The van der Waals surface area contributed by atoms with Gasteiger partial charge in [-0.15, -0.1) is 0 Å². The van der Waals surface area contributed by atoms with Gasteiger partial charge in [0.15, 0.2) is 18.5 Å². The number of unbranched alkanes of at least 4 members (excludes halogenated alkanes) is 20. The first-order valence-corrected chi connectivity index (χ1v) is 22.5. The van der Waals surface area contributed by atoms with Crippen molar-refractivity contribution in [3.63, 3.8) is 0 Å². The van der Waals surface area contributed by atoms with Gasteiger partial charge >= 0.3 is 23.9 Å². The predicted octanol–water partition coefficient (Wildman–Crippen LogP) is 8.00. The number of carbonyl (C=O) groups excluding carboxylic acids is 5. The maximum atomic E-state index is 13.3. The summed E-state index contributed by atoms with van der Waals surface area (Å²) in [6.45, 7) is 7.31. The highest BCUT2D eigenvalue weighted by Crippen LogP contribution is 2.28. The van der Waals surface area contributed by atoms with Gasteiger partial charge in [-0.25, -0.2) is 4.79 Å². The summed E-state index contributed by atoms with van der Waals surface area (Å²) in [7, 11) is 0. The Morgan fingerprint density at radius 1 is 0.586 bits per heavy atom. The minimum absolute atomic E-state index is 0.140. The number of ether oxygens (including phenoxy) is 5. The van der Waals surface area contributed by atoms with Crippen LogP contribution >= 0.6 is 0 Å². The Hall–Kier alpha value is -3.26.